The summed E-state index contributed by atoms with van der Waals surface area (Å²) in [5.41, 5.74) is 5.80. The molecule has 0 spiro atoms. The number of fused-ring (bicyclic) bond motifs is 1. The normalized spacial score (nSPS) is 14.7. The van der Waals surface area contributed by atoms with Gasteiger partial charge >= 0.3 is 0 Å². The molecule has 1 atom stereocenters. The van der Waals surface area contributed by atoms with Crippen LogP contribution in [-0.2, 0) is 4.79 Å². The first kappa shape index (κ1) is 21.3. The van der Waals surface area contributed by atoms with Gasteiger partial charge in [-0.1, -0.05) is 30.3 Å². The monoisotopic (exact) mass is 454 g/mol. The second-order valence-electron chi connectivity index (χ2n) is 7.54. The molecule has 8 nitrogen and oxygen atoms in total. The molecule has 1 amide bonds. The predicted octanol–water partition coefficient (Wildman–Crippen LogP) is 3.84. The fourth-order valence-electron chi connectivity index (χ4n) is 3.55. The molecule has 8 heteroatoms. The first-order valence-electron chi connectivity index (χ1n) is 10.7. The van der Waals surface area contributed by atoms with Gasteiger partial charge in [0.05, 0.1) is 19.0 Å². The highest BCUT2D eigenvalue weighted by Gasteiger charge is 2.27. The third kappa shape index (κ3) is 4.47. The van der Waals surface area contributed by atoms with Crippen LogP contribution in [-0.4, -0.2) is 41.7 Å². The molecule has 4 aromatic rings. The van der Waals surface area contributed by atoms with E-state index in [1.54, 1.807) is 30.1 Å². The van der Waals surface area contributed by atoms with E-state index >= 15 is 0 Å². The number of benzene rings is 3. The van der Waals surface area contributed by atoms with E-state index in [1.807, 2.05) is 72.9 Å². The Balaban J connectivity index is 1.36. The Morgan fingerprint density at radius 2 is 1.79 bits per heavy atom. The number of hydrogen-bond acceptors (Lipinski definition) is 6. The molecule has 0 saturated heterocycles. The van der Waals surface area contributed by atoms with E-state index in [4.69, 9.17) is 19.3 Å². The molecule has 5 rings (SSSR count). The minimum atomic E-state index is -0.792. The maximum Gasteiger partial charge on any atom is 0.284 e. The van der Waals surface area contributed by atoms with Crippen LogP contribution in [0.1, 0.15) is 5.56 Å². The fraction of sp³-hybridized carbons (Fsp3) is 0.115. The van der Waals surface area contributed by atoms with Crippen LogP contribution in [0.25, 0.3) is 16.9 Å². The standard InChI is InChI=1S/C26H22N4O4/c1-32-21-13-11-18(12-14-21)25-19(16-30(29-25)20-7-3-2-4-8-20)15-27-28-26(31)24-17-33-22-9-5-6-10-23(22)34-24/h2-16,24H,17H2,1H3,(H,28,31). The number of ether oxygens (including phenoxy) is 3. The Morgan fingerprint density at radius 3 is 2.56 bits per heavy atom. The number of nitrogens with zero attached hydrogens (tertiary/aromatic N) is 3. The lowest BCUT2D eigenvalue weighted by molar-refractivity contribution is -0.130. The molecule has 0 saturated carbocycles. The third-order valence-corrected chi connectivity index (χ3v) is 5.31. The number of methoxy groups -OCH3 is 1. The molecule has 170 valence electrons. The average molecular weight is 454 g/mol. The lowest BCUT2D eigenvalue weighted by atomic mass is 10.1. The summed E-state index contributed by atoms with van der Waals surface area (Å²) in [6.45, 7) is 0.113. The third-order valence-electron chi connectivity index (χ3n) is 5.31. The van der Waals surface area contributed by atoms with E-state index < -0.39 is 12.0 Å². The lowest BCUT2D eigenvalue weighted by Crippen LogP contribution is -2.42. The smallest absolute Gasteiger partial charge is 0.284 e. The number of nitrogens with one attached hydrogen (secondary N) is 1. The molecule has 0 aliphatic carbocycles. The van der Waals surface area contributed by atoms with Crippen LogP contribution in [0.15, 0.2) is 90.2 Å². The second kappa shape index (κ2) is 9.50. The first-order valence-corrected chi connectivity index (χ1v) is 10.7. The SMILES string of the molecule is COc1ccc(-c2nn(-c3ccccc3)cc2C=NNC(=O)C2COc3ccccc3O2)cc1. The molecule has 3 aromatic carbocycles. The van der Waals surface area contributed by atoms with Gasteiger partial charge in [-0.2, -0.15) is 10.2 Å². The van der Waals surface area contributed by atoms with Gasteiger partial charge in [0.15, 0.2) is 11.5 Å². The van der Waals surface area contributed by atoms with Crippen molar-refractivity contribution in [2.75, 3.05) is 13.7 Å². The highest BCUT2D eigenvalue weighted by molar-refractivity contribution is 5.90. The van der Waals surface area contributed by atoms with E-state index in [9.17, 15) is 4.79 Å². The van der Waals surface area contributed by atoms with Crippen LogP contribution in [0.4, 0.5) is 0 Å². The average Bonchev–Trinajstić information content (AvgIpc) is 3.33. The molecule has 1 aliphatic heterocycles. The van der Waals surface area contributed by atoms with Crippen molar-refractivity contribution in [1.29, 1.82) is 0 Å². The van der Waals surface area contributed by atoms with E-state index in [0.29, 0.717) is 11.5 Å². The van der Waals surface area contributed by atoms with Gasteiger partial charge in [-0.25, -0.2) is 10.1 Å². The molecular weight excluding hydrogens is 432 g/mol. The van der Waals surface area contributed by atoms with Crippen LogP contribution in [0.3, 0.4) is 0 Å². The number of amides is 1. The Kier molecular flexibility index (Phi) is 5.94. The number of carbonyl (C=O) groups is 1. The fourth-order valence-corrected chi connectivity index (χ4v) is 3.55. The summed E-state index contributed by atoms with van der Waals surface area (Å²) >= 11 is 0. The highest BCUT2D eigenvalue weighted by Crippen LogP contribution is 2.31. The number of carbonyl (C=O) groups excluding carboxylic acids is 1. The van der Waals surface area contributed by atoms with Gasteiger partial charge in [0.25, 0.3) is 5.91 Å². The molecule has 34 heavy (non-hydrogen) atoms. The molecule has 0 radical (unpaired) electrons. The topological polar surface area (TPSA) is 87.0 Å². The minimum Gasteiger partial charge on any atom is -0.497 e. The van der Waals surface area contributed by atoms with Gasteiger partial charge < -0.3 is 14.2 Å². The zero-order valence-corrected chi connectivity index (χ0v) is 18.4. The summed E-state index contributed by atoms with van der Waals surface area (Å²) in [6.07, 6.45) is 2.64. The summed E-state index contributed by atoms with van der Waals surface area (Å²) in [7, 11) is 1.62. The molecule has 2 heterocycles. The van der Waals surface area contributed by atoms with Crippen molar-refractivity contribution >= 4 is 12.1 Å². The van der Waals surface area contributed by atoms with Gasteiger partial charge in [-0.15, -0.1) is 0 Å². The van der Waals surface area contributed by atoms with Crippen molar-refractivity contribution in [3.8, 4) is 34.2 Å². The van der Waals surface area contributed by atoms with Gasteiger partial charge in [-0.3, -0.25) is 4.79 Å². The number of rotatable bonds is 6. The van der Waals surface area contributed by atoms with Crippen molar-refractivity contribution in [3.63, 3.8) is 0 Å². The Morgan fingerprint density at radius 1 is 1.06 bits per heavy atom. The van der Waals surface area contributed by atoms with E-state index in [1.165, 1.54) is 0 Å². The van der Waals surface area contributed by atoms with Gasteiger partial charge in [0.1, 0.15) is 18.1 Å². The van der Waals surface area contributed by atoms with Crippen LogP contribution in [0, 0.1) is 0 Å². The zero-order chi connectivity index (χ0) is 23.3. The van der Waals surface area contributed by atoms with Crippen LogP contribution >= 0.6 is 0 Å². The van der Waals surface area contributed by atoms with Crippen molar-refractivity contribution in [3.05, 3.63) is 90.6 Å². The molecule has 0 fully saturated rings. The molecule has 0 bridgehead atoms. The lowest BCUT2D eigenvalue weighted by Gasteiger charge is -2.24. The van der Waals surface area contributed by atoms with Gasteiger partial charge in [-0.05, 0) is 48.5 Å². The Hall–Kier alpha value is -4.59. The van der Waals surface area contributed by atoms with Crippen molar-refractivity contribution < 1.29 is 19.0 Å². The van der Waals surface area contributed by atoms with E-state index in [-0.39, 0.29) is 6.61 Å². The molecule has 1 N–H and O–H groups in total. The van der Waals surface area contributed by atoms with E-state index in [2.05, 4.69) is 10.5 Å². The molecule has 1 aromatic heterocycles. The number of hydrogen-bond donors (Lipinski definition) is 1. The summed E-state index contributed by atoms with van der Waals surface area (Å²) in [4.78, 5) is 12.6. The van der Waals surface area contributed by atoms with Gasteiger partial charge in [0, 0.05) is 17.3 Å². The van der Waals surface area contributed by atoms with Crippen molar-refractivity contribution in [2.24, 2.45) is 5.10 Å². The summed E-state index contributed by atoms with van der Waals surface area (Å²) in [6, 6.07) is 24.6. The van der Waals surface area contributed by atoms with Crippen LogP contribution < -0.4 is 19.6 Å². The van der Waals surface area contributed by atoms with E-state index in [0.717, 1.165) is 28.3 Å². The summed E-state index contributed by atoms with van der Waals surface area (Å²) in [5.74, 6) is 1.51. The highest BCUT2D eigenvalue weighted by atomic mass is 16.6. The maximum absolute atomic E-state index is 12.6. The quantitative estimate of drug-likeness (QED) is 0.353. The number of para-hydroxylation sites is 3. The number of hydrazone groups is 1. The van der Waals surface area contributed by atoms with Crippen molar-refractivity contribution in [2.45, 2.75) is 6.10 Å². The largest absolute Gasteiger partial charge is 0.497 e. The number of aromatic nitrogens is 2. The summed E-state index contributed by atoms with van der Waals surface area (Å²) < 4.78 is 18.4. The van der Waals surface area contributed by atoms with Crippen molar-refractivity contribution in [1.82, 2.24) is 15.2 Å². The Bertz CT molecular complexity index is 1320. The summed E-state index contributed by atoms with van der Waals surface area (Å²) in [5, 5.41) is 8.91. The molecular formula is C26H22N4O4. The molecule has 1 aliphatic rings. The predicted molar refractivity (Wildman–Crippen MR) is 128 cm³/mol. The van der Waals surface area contributed by atoms with Crippen LogP contribution in [0.5, 0.6) is 17.2 Å². The van der Waals surface area contributed by atoms with Crippen LogP contribution in [0.2, 0.25) is 0 Å². The second-order valence-corrected chi connectivity index (χ2v) is 7.54. The molecule has 1 unspecified atom stereocenters. The minimum absolute atomic E-state index is 0.113. The zero-order valence-electron chi connectivity index (χ0n) is 18.4. The first-order chi connectivity index (χ1) is 16.7. The Labute approximate surface area is 196 Å². The van der Waals surface area contributed by atoms with Gasteiger partial charge in [0.2, 0.25) is 6.10 Å². The maximum atomic E-state index is 12.6.